The first-order valence-electron chi connectivity index (χ1n) is 11.3. The van der Waals surface area contributed by atoms with E-state index in [2.05, 4.69) is 48.0 Å². The third kappa shape index (κ3) is 4.63. The molecule has 5 heteroatoms. The molecular formula is C27H32N2O3. The smallest absolute Gasteiger partial charge is 0.309 e. The summed E-state index contributed by atoms with van der Waals surface area (Å²) < 4.78 is 6.49. The average Bonchev–Trinajstić information content (AvgIpc) is 2.94. The van der Waals surface area contributed by atoms with Crippen molar-refractivity contribution in [1.29, 1.82) is 0 Å². The Morgan fingerprint density at radius 3 is 2.75 bits per heavy atom. The van der Waals surface area contributed by atoms with Gasteiger partial charge in [0, 0.05) is 36.8 Å². The van der Waals surface area contributed by atoms with Crippen molar-refractivity contribution < 1.29 is 14.6 Å². The zero-order valence-electron chi connectivity index (χ0n) is 19.4. The molecule has 0 spiro atoms. The van der Waals surface area contributed by atoms with Crippen molar-refractivity contribution in [3.63, 3.8) is 0 Å². The lowest BCUT2D eigenvalue weighted by molar-refractivity contribution is -0.146. The van der Waals surface area contributed by atoms with Crippen LogP contribution in [0, 0.1) is 12.3 Å². The van der Waals surface area contributed by atoms with Gasteiger partial charge < -0.3 is 9.84 Å². The summed E-state index contributed by atoms with van der Waals surface area (Å²) in [6.45, 7) is 10.1. The van der Waals surface area contributed by atoms with Crippen LogP contribution in [0.4, 0.5) is 0 Å². The van der Waals surface area contributed by atoms with E-state index < -0.39 is 11.4 Å². The highest BCUT2D eigenvalue weighted by Gasteiger charge is 2.29. The van der Waals surface area contributed by atoms with Crippen LogP contribution < -0.4 is 4.74 Å². The second-order valence-corrected chi connectivity index (χ2v) is 9.59. The summed E-state index contributed by atoms with van der Waals surface area (Å²) in [5, 5.41) is 10.7. The zero-order valence-corrected chi connectivity index (χ0v) is 19.4. The first-order valence-corrected chi connectivity index (χ1v) is 11.3. The summed E-state index contributed by atoms with van der Waals surface area (Å²) in [6, 6.07) is 14.5. The van der Waals surface area contributed by atoms with Crippen LogP contribution in [0.2, 0.25) is 0 Å². The number of para-hydroxylation sites is 1. The van der Waals surface area contributed by atoms with Crippen molar-refractivity contribution in [3.05, 3.63) is 70.9 Å². The summed E-state index contributed by atoms with van der Waals surface area (Å²) in [5.41, 5.74) is 4.70. The largest absolute Gasteiger partial charge is 0.488 e. The fourth-order valence-electron chi connectivity index (χ4n) is 4.41. The second-order valence-electron chi connectivity index (χ2n) is 9.59. The summed E-state index contributed by atoms with van der Waals surface area (Å²) in [4.78, 5) is 18.8. The molecule has 1 aliphatic heterocycles. The van der Waals surface area contributed by atoms with Crippen molar-refractivity contribution in [2.45, 2.75) is 59.7 Å². The standard InChI is InChI=1S/C27H32N2O3/c1-5-22-17-29(16-21-14-28-24-9-7-6-8-23(24)25(21)32-22)15-20-12-18(2)10-11-19(20)13-27(3,4)26(30)31/h6-12,14,22H,5,13,15-17H2,1-4H3,(H,30,31)/t22-/m1/s1. The number of fused-ring (bicyclic) bond motifs is 3. The van der Waals surface area contributed by atoms with Crippen LogP contribution in [0.25, 0.3) is 10.9 Å². The molecule has 1 aliphatic rings. The molecule has 0 radical (unpaired) electrons. The molecule has 2 aromatic carbocycles. The minimum absolute atomic E-state index is 0.0887. The van der Waals surface area contributed by atoms with Crippen molar-refractivity contribution in [2.24, 2.45) is 5.41 Å². The molecule has 1 N–H and O–H groups in total. The summed E-state index contributed by atoms with van der Waals surface area (Å²) in [7, 11) is 0. The van der Waals surface area contributed by atoms with E-state index >= 15 is 0 Å². The quantitative estimate of drug-likeness (QED) is 0.567. The Balaban J connectivity index is 1.67. The molecule has 3 aromatic rings. The molecule has 2 heterocycles. The van der Waals surface area contributed by atoms with Crippen molar-refractivity contribution in [2.75, 3.05) is 6.54 Å². The number of nitrogens with zero attached hydrogens (tertiary/aromatic N) is 2. The number of pyridine rings is 1. The normalized spacial score (nSPS) is 16.9. The molecule has 0 amide bonds. The van der Waals surface area contributed by atoms with Gasteiger partial charge in [-0.1, -0.05) is 42.8 Å². The van der Waals surface area contributed by atoms with E-state index in [9.17, 15) is 9.90 Å². The van der Waals surface area contributed by atoms with Crippen LogP contribution >= 0.6 is 0 Å². The Morgan fingerprint density at radius 1 is 1.22 bits per heavy atom. The summed E-state index contributed by atoms with van der Waals surface area (Å²) >= 11 is 0. The monoisotopic (exact) mass is 432 g/mol. The highest BCUT2D eigenvalue weighted by Crippen LogP contribution is 2.34. The van der Waals surface area contributed by atoms with E-state index in [1.807, 2.05) is 24.4 Å². The van der Waals surface area contributed by atoms with Crippen molar-refractivity contribution >= 4 is 16.9 Å². The molecule has 168 valence electrons. The van der Waals surface area contributed by atoms with E-state index in [0.717, 1.165) is 53.8 Å². The number of aryl methyl sites for hydroxylation is 1. The van der Waals surface area contributed by atoms with Crippen LogP contribution in [0.3, 0.4) is 0 Å². The van der Waals surface area contributed by atoms with Gasteiger partial charge in [0.25, 0.3) is 0 Å². The number of hydrogen-bond donors (Lipinski definition) is 1. The van der Waals surface area contributed by atoms with Gasteiger partial charge in [-0.2, -0.15) is 0 Å². The Hall–Kier alpha value is -2.92. The molecule has 0 saturated carbocycles. The van der Waals surface area contributed by atoms with Gasteiger partial charge in [0.1, 0.15) is 11.9 Å². The third-order valence-corrected chi connectivity index (χ3v) is 6.36. The predicted molar refractivity (Wildman–Crippen MR) is 127 cm³/mol. The number of carboxylic acids is 1. The Labute approximate surface area is 190 Å². The maximum Gasteiger partial charge on any atom is 0.309 e. The number of aromatic nitrogens is 1. The summed E-state index contributed by atoms with van der Waals surface area (Å²) in [6.07, 6.45) is 3.44. The Morgan fingerprint density at radius 2 is 2.00 bits per heavy atom. The number of benzene rings is 2. The van der Waals surface area contributed by atoms with Gasteiger partial charge in [-0.3, -0.25) is 14.7 Å². The number of ether oxygens (including phenoxy) is 1. The lowest BCUT2D eigenvalue weighted by Crippen LogP contribution is -2.33. The van der Waals surface area contributed by atoms with Crippen LogP contribution in [0.15, 0.2) is 48.7 Å². The highest BCUT2D eigenvalue weighted by molar-refractivity contribution is 5.86. The van der Waals surface area contributed by atoms with Gasteiger partial charge in [-0.15, -0.1) is 0 Å². The maximum atomic E-state index is 11.7. The fourth-order valence-corrected chi connectivity index (χ4v) is 4.41. The van der Waals surface area contributed by atoms with E-state index in [0.29, 0.717) is 6.42 Å². The first-order chi connectivity index (χ1) is 15.3. The van der Waals surface area contributed by atoms with Gasteiger partial charge in [0.15, 0.2) is 0 Å². The van der Waals surface area contributed by atoms with Crippen LogP contribution in [0.1, 0.15) is 49.4 Å². The van der Waals surface area contributed by atoms with E-state index in [1.54, 1.807) is 13.8 Å². The van der Waals surface area contributed by atoms with Crippen molar-refractivity contribution in [1.82, 2.24) is 9.88 Å². The number of rotatable bonds is 6. The molecule has 0 unspecified atom stereocenters. The number of aliphatic carboxylic acids is 1. The summed E-state index contributed by atoms with van der Waals surface area (Å²) in [5.74, 6) is 0.173. The van der Waals surface area contributed by atoms with E-state index in [-0.39, 0.29) is 6.10 Å². The minimum atomic E-state index is -0.812. The molecular weight excluding hydrogens is 400 g/mol. The molecule has 1 atom stereocenters. The zero-order chi connectivity index (χ0) is 22.9. The molecule has 5 nitrogen and oxygen atoms in total. The van der Waals surface area contributed by atoms with E-state index in [1.165, 1.54) is 11.1 Å². The topological polar surface area (TPSA) is 62.7 Å². The molecule has 0 fully saturated rings. The van der Waals surface area contributed by atoms with Crippen LogP contribution in [-0.2, 0) is 24.3 Å². The Kier molecular flexibility index (Phi) is 6.20. The third-order valence-electron chi connectivity index (χ3n) is 6.36. The molecule has 32 heavy (non-hydrogen) atoms. The van der Waals surface area contributed by atoms with Gasteiger partial charge >= 0.3 is 5.97 Å². The fraction of sp³-hybridized carbons (Fsp3) is 0.407. The Bertz CT molecular complexity index is 1140. The lowest BCUT2D eigenvalue weighted by Gasteiger charge is -2.26. The van der Waals surface area contributed by atoms with Gasteiger partial charge in [-0.25, -0.2) is 0 Å². The lowest BCUT2D eigenvalue weighted by atomic mass is 9.84. The molecule has 0 saturated heterocycles. The van der Waals surface area contributed by atoms with Gasteiger partial charge in [0.05, 0.1) is 10.9 Å². The molecule has 1 aromatic heterocycles. The van der Waals surface area contributed by atoms with Crippen LogP contribution in [-0.4, -0.2) is 33.6 Å². The van der Waals surface area contributed by atoms with Crippen molar-refractivity contribution in [3.8, 4) is 5.75 Å². The molecule has 4 rings (SSSR count). The maximum absolute atomic E-state index is 11.7. The average molecular weight is 433 g/mol. The van der Waals surface area contributed by atoms with Gasteiger partial charge in [0.2, 0.25) is 0 Å². The van der Waals surface area contributed by atoms with Gasteiger partial charge in [-0.05, 0) is 56.9 Å². The number of carboxylic acid groups (broad SMARTS) is 1. The van der Waals surface area contributed by atoms with Crippen LogP contribution in [0.5, 0.6) is 5.75 Å². The predicted octanol–water partition coefficient (Wildman–Crippen LogP) is 5.37. The minimum Gasteiger partial charge on any atom is -0.488 e. The highest BCUT2D eigenvalue weighted by atomic mass is 16.5. The first kappa shape index (κ1) is 22.3. The number of carbonyl (C=O) groups is 1. The molecule has 0 aliphatic carbocycles. The van der Waals surface area contributed by atoms with E-state index in [4.69, 9.17) is 4.74 Å². The molecule has 0 bridgehead atoms. The SMILES string of the molecule is CC[C@@H]1CN(Cc2cc(C)ccc2CC(C)(C)C(=O)O)Cc2cnc3ccccc3c2O1. The second kappa shape index (κ2) is 8.91. The number of hydrogen-bond acceptors (Lipinski definition) is 4.